The first kappa shape index (κ1) is 20.9. The van der Waals surface area contributed by atoms with Gasteiger partial charge in [-0.3, -0.25) is 0 Å². The molecule has 160 valence electrons. The fourth-order valence-corrected chi connectivity index (χ4v) is 5.11. The van der Waals surface area contributed by atoms with Gasteiger partial charge < -0.3 is 19.9 Å². The van der Waals surface area contributed by atoms with Crippen molar-refractivity contribution in [2.24, 2.45) is 0 Å². The molecule has 1 amide bonds. The van der Waals surface area contributed by atoms with E-state index in [-0.39, 0.29) is 6.09 Å². The molecule has 0 aromatic heterocycles. The van der Waals surface area contributed by atoms with Crippen LogP contribution in [0.4, 0.5) is 21.9 Å². The number of carbonyl (C=O) groups excluding carboxylic acids is 1. The van der Waals surface area contributed by atoms with Gasteiger partial charge in [-0.1, -0.05) is 30.8 Å². The third-order valence-electron chi connectivity index (χ3n) is 5.55. The molecule has 0 radical (unpaired) electrons. The number of nitrogens with zero attached hydrogens (tertiary/aromatic N) is 2. The Morgan fingerprint density at radius 2 is 1.83 bits per heavy atom. The summed E-state index contributed by atoms with van der Waals surface area (Å²) >= 11 is 1.84. The van der Waals surface area contributed by atoms with Gasteiger partial charge in [-0.25, -0.2) is 4.79 Å². The van der Waals surface area contributed by atoms with E-state index in [1.54, 1.807) is 0 Å². The Labute approximate surface area is 183 Å². The predicted octanol–water partition coefficient (Wildman–Crippen LogP) is 5.82. The van der Waals surface area contributed by atoms with Gasteiger partial charge in [0, 0.05) is 41.7 Å². The Morgan fingerprint density at radius 3 is 2.50 bits per heavy atom. The molecule has 30 heavy (non-hydrogen) atoms. The van der Waals surface area contributed by atoms with E-state index in [1.165, 1.54) is 38.0 Å². The van der Waals surface area contributed by atoms with E-state index in [1.807, 2.05) is 37.4 Å². The van der Waals surface area contributed by atoms with E-state index >= 15 is 0 Å². The molecule has 1 saturated heterocycles. The van der Waals surface area contributed by atoms with Crippen molar-refractivity contribution in [2.45, 2.75) is 56.4 Å². The number of benzene rings is 2. The van der Waals surface area contributed by atoms with E-state index in [2.05, 4.69) is 54.4 Å². The van der Waals surface area contributed by atoms with Crippen LogP contribution in [-0.4, -0.2) is 42.8 Å². The maximum atomic E-state index is 12.4. The second-order valence-electron chi connectivity index (χ2n) is 8.96. The summed E-state index contributed by atoms with van der Waals surface area (Å²) in [5.74, 6) is 0. The zero-order chi connectivity index (χ0) is 21.5. The summed E-state index contributed by atoms with van der Waals surface area (Å²) in [7, 11) is 0. The Morgan fingerprint density at radius 1 is 1.10 bits per heavy atom. The molecule has 6 heteroatoms. The van der Waals surface area contributed by atoms with Crippen LogP contribution in [0, 0.1) is 6.92 Å². The minimum atomic E-state index is -0.457. The van der Waals surface area contributed by atoms with Crippen molar-refractivity contribution < 1.29 is 9.53 Å². The minimum absolute atomic E-state index is 0.214. The van der Waals surface area contributed by atoms with Gasteiger partial charge in [0.2, 0.25) is 0 Å². The zero-order valence-corrected chi connectivity index (χ0v) is 19.4. The molecular formula is C24H31N3O2S. The number of piperazine rings is 1. The summed E-state index contributed by atoms with van der Waals surface area (Å²) in [6.07, 6.45) is 0.761. The van der Waals surface area contributed by atoms with Gasteiger partial charge in [0.1, 0.15) is 5.60 Å². The molecule has 2 aromatic carbocycles. The largest absolute Gasteiger partial charge is 0.444 e. The quantitative estimate of drug-likeness (QED) is 0.560. The van der Waals surface area contributed by atoms with Crippen LogP contribution < -0.4 is 10.2 Å². The number of amides is 1. The lowest BCUT2D eigenvalue weighted by Gasteiger charge is -2.37. The van der Waals surface area contributed by atoms with Crippen molar-refractivity contribution in [2.75, 3.05) is 36.4 Å². The van der Waals surface area contributed by atoms with Crippen LogP contribution in [0.25, 0.3) is 0 Å². The van der Waals surface area contributed by atoms with E-state index in [4.69, 9.17) is 4.74 Å². The van der Waals surface area contributed by atoms with Gasteiger partial charge in [0.25, 0.3) is 0 Å². The molecule has 2 aliphatic rings. The van der Waals surface area contributed by atoms with Crippen molar-refractivity contribution >= 4 is 34.9 Å². The third kappa shape index (κ3) is 4.24. The Balaban J connectivity index is 1.52. The maximum Gasteiger partial charge on any atom is 0.410 e. The lowest BCUT2D eigenvalue weighted by Crippen LogP contribution is -2.50. The van der Waals surface area contributed by atoms with Crippen LogP contribution in [0.15, 0.2) is 40.1 Å². The smallest absolute Gasteiger partial charge is 0.410 e. The summed E-state index contributed by atoms with van der Waals surface area (Å²) in [5, 5.41) is 3.69. The normalized spacial score (nSPS) is 15.9. The molecule has 2 aliphatic heterocycles. The van der Waals surface area contributed by atoms with Crippen molar-refractivity contribution in [3.8, 4) is 0 Å². The van der Waals surface area contributed by atoms with Gasteiger partial charge in [-0.2, -0.15) is 0 Å². The summed E-state index contributed by atoms with van der Waals surface area (Å²) in [5.41, 5.74) is 5.85. The molecule has 2 heterocycles. The molecular weight excluding hydrogens is 394 g/mol. The topological polar surface area (TPSA) is 44.8 Å². The van der Waals surface area contributed by atoms with Crippen molar-refractivity contribution in [1.82, 2.24) is 4.90 Å². The second-order valence-corrected chi connectivity index (χ2v) is 10.0. The number of aryl methyl sites for hydroxylation is 2. The highest BCUT2D eigenvalue weighted by Gasteiger charge is 2.27. The number of ether oxygens (including phenoxy) is 1. The highest BCUT2D eigenvalue weighted by atomic mass is 32.2. The van der Waals surface area contributed by atoms with Crippen LogP contribution in [0.5, 0.6) is 0 Å². The number of fused-ring (bicyclic) bond motifs is 2. The van der Waals surface area contributed by atoms with Crippen LogP contribution >= 0.6 is 11.8 Å². The average molecular weight is 426 g/mol. The molecule has 4 rings (SSSR count). The van der Waals surface area contributed by atoms with Crippen molar-refractivity contribution in [1.29, 1.82) is 0 Å². The third-order valence-corrected chi connectivity index (χ3v) is 6.65. The zero-order valence-electron chi connectivity index (χ0n) is 18.5. The molecule has 5 nitrogen and oxygen atoms in total. The van der Waals surface area contributed by atoms with Crippen LogP contribution in [0.2, 0.25) is 0 Å². The van der Waals surface area contributed by atoms with E-state index in [0.717, 1.165) is 19.5 Å². The molecule has 0 bridgehead atoms. The number of hydrogen-bond donors (Lipinski definition) is 1. The first-order chi connectivity index (χ1) is 14.2. The summed E-state index contributed by atoms with van der Waals surface area (Å²) in [6, 6.07) is 11.1. The van der Waals surface area contributed by atoms with E-state index in [0.29, 0.717) is 13.1 Å². The molecule has 0 unspecified atom stereocenters. The lowest BCUT2D eigenvalue weighted by molar-refractivity contribution is 0.0240. The number of rotatable bonds is 2. The number of para-hydroxylation sites is 1. The van der Waals surface area contributed by atoms with Crippen molar-refractivity contribution in [3.05, 3.63) is 41.5 Å². The Kier molecular flexibility index (Phi) is 5.62. The Bertz CT molecular complexity index is 960. The summed E-state index contributed by atoms with van der Waals surface area (Å²) < 4.78 is 5.53. The second kappa shape index (κ2) is 8.06. The Hall–Kier alpha value is -2.34. The highest BCUT2D eigenvalue weighted by molar-refractivity contribution is 7.99. The molecule has 0 aliphatic carbocycles. The average Bonchev–Trinajstić information content (AvgIpc) is 2.71. The maximum absolute atomic E-state index is 12.4. The minimum Gasteiger partial charge on any atom is -0.444 e. The summed E-state index contributed by atoms with van der Waals surface area (Å²) in [4.78, 5) is 19.1. The van der Waals surface area contributed by atoms with Crippen molar-refractivity contribution in [3.63, 3.8) is 0 Å². The van der Waals surface area contributed by atoms with Gasteiger partial charge in [0.05, 0.1) is 11.4 Å². The highest BCUT2D eigenvalue weighted by Crippen LogP contribution is 2.48. The number of anilines is 3. The lowest BCUT2D eigenvalue weighted by atomic mass is 10.1. The number of carbonyl (C=O) groups is 1. The van der Waals surface area contributed by atoms with Crippen LogP contribution in [0.1, 0.15) is 38.8 Å². The van der Waals surface area contributed by atoms with E-state index < -0.39 is 5.60 Å². The molecule has 0 atom stereocenters. The molecule has 1 fully saturated rings. The molecule has 1 N–H and O–H groups in total. The fraction of sp³-hybridized carbons (Fsp3) is 0.458. The van der Waals surface area contributed by atoms with Crippen LogP contribution in [-0.2, 0) is 11.2 Å². The number of nitrogens with one attached hydrogen (secondary N) is 1. The predicted molar refractivity (Wildman–Crippen MR) is 124 cm³/mol. The molecule has 2 aromatic rings. The molecule has 0 saturated carbocycles. The van der Waals surface area contributed by atoms with Gasteiger partial charge >= 0.3 is 6.09 Å². The first-order valence-corrected chi connectivity index (χ1v) is 11.5. The fourth-order valence-electron chi connectivity index (χ4n) is 3.94. The SMILES string of the molecule is CCc1cc(N2CCN(C(=O)OC(C)(C)C)CC2)cc2c1Nc1c(C)cccc1S2. The standard InChI is InChI=1S/C24H31N3O2S/c1-6-17-14-18(26-10-12-27(13-11-26)23(28)29-24(3,4)5)15-20-22(17)25-21-16(2)8-7-9-19(21)30-20/h7-9,14-15,25H,6,10-13H2,1-5H3. The van der Waals surface area contributed by atoms with Gasteiger partial charge in [0.15, 0.2) is 0 Å². The molecule has 0 spiro atoms. The monoisotopic (exact) mass is 425 g/mol. The first-order valence-electron chi connectivity index (χ1n) is 10.7. The van der Waals surface area contributed by atoms with Gasteiger partial charge in [-0.15, -0.1) is 0 Å². The van der Waals surface area contributed by atoms with Crippen LogP contribution in [0.3, 0.4) is 0 Å². The summed E-state index contributed by atoms with van der Waals surface area (Å²) in [6.45, 7) is 13.1. The van der Waals surface area contributed by atoms with Gasteiger partial charge in [-0.05, 0) is 63.4 Å². The van der Waals surface area contributed by atoms with E-state index in [9.17, 15) is 4.79 Å². The number of hydrogen-bond acceptors (Lipinski definition) is 5.